The first-order valence-corrected chi connectivity index (χ1v) is 16.4. The number of hydrogen-bond acceptors (Lipinski definition) is 9. The first-order chi connectivity index (χ1) is 21.7. The molecule has 0 spiro atoms. The van der Waals surface area contributed by atoms with E-state index in [0.29, 0.717) is 51.1 Å². The van der Waals surface area contributed by atoms with Crippen molar-refractivity contribution in [3.63, 3.8) is 0 Å². The summed E-state index contributed by atoms with van der Waals surface area (Å²) in [6.45, 7) is 8.64. The van der Waals surface area contributed by atoms with Gasteiger partial charge in [-0.05, 0) is 68.8 Å². The van der Waals surface area contributed by atoms with Crippen molar-refractivity contribution in [2.75, 3.05) is 94.7 Å². The van der Waals surface area contributed by atoms with Crippen LogP contribution in [0.4, 0.5) is 36.3 Å². The number of nitrogens with zero attached hydrogens (tertiary/aromatic N) is 6. The van der Waals surface area contributed by atoms with Gasteiger partial charge in [-0.25, -0.2) is 4.98 Å². The number of carbonyl (C=O) groups excluding carboxylic acids is 1. The third kappa shape index (κ3) is 8.17. The highest BCUT2D eigenvalue weighted by atomic mass is 19.4. The molecule has 10 nitrogen and oxygen atoms in total. The molecule has 3 aliphatic heterocycles. The number of rotatable bonds is 10. The van der Waals surface area contributed by atoms with Gasteiger partial charge in [0.1, 0.15) is 11.4 Å². The maximum atomic E-state index is 13.8. The third-order valence-corrected chi connectivity index (χ3v) is 9.49. The van der Waals surface area contributed by atoms with Gasteiger partial charge in [-0.2, -0.15) is 18.2 Å². The van der Waals surface area contributed by atoms with Gasteiger partial charge in [0.2, 0.25) is 11.9 Å². The van der Waals surface area contributed by atoms with Crippen molar-refractivity contribution in [2.45, 2.75) is 56.7 Å². The number of nitrogens with one attached hydrogen (secondary N) is 2. The Morgan fingerprint density at radius 3 is 2.51 bits per heavy atom. The van der Waals surface area contributed by atoms with Gasteiger partial charge in [0, 0.05) is 82.5 Å². The fourth-order valence-electron chi connectivity index (χ4n) is 6.61. The van der Waals surface area contributed by atoms with Crippen LogP contribution >= 0.6 is 0 Å². The van der Waals surface area contributed by atoms with Crippen molar-refractivity contribution < 1.29 is 22.7 Å². The van der Waals surface area contributed by atoms with Crippen LogP contribution in [0.15, 0.2) is 24.4 Å². The van der Waals surface area contributed by atoms with Crippen molar-refractivity contribution in [3.8, 4) is 0 Å². The van der Waals surface area contributed by atoms with E-state index in [-0.39, 0.29) is 24.2 Å². The van der Waals surface area contributed by atoms with Gasteiger partial charge in [-0.15, -0.1) is 0 Å². The normalized spacial score (nSPS) is 21.2. The van der Waals surface area contributed by atoms with Crippen molar-refractivity contribution in [1.82, 2.24) is 24.7 Å². The van der Waals surface area contributed by atoms with E-state index in [2.05, 4.69) is 54.5 Å². The average Bonchev–Trinajstić information content (AvgIpc) is 3.89. The van der Waals surface area contributed by atoms with Crippen molar-refractivity contribution in [1.29, 1.82) is 0 Å². The van der Waals surface area contributed by atoms with Crippen molar-refractivity contribution >= 4 is 29.0 Å². The standard InChI is InChI=1S/C32H45F3N8O2/c1-40-14-16-42(17-15-40)24-7-12-41(13-8-24)25-5-6-28(26(21-25)23-3-4-23)38-31-37-22-27(32(33,34)35)30(39-31)36-10-2-11-43-18-20-45-19-9-29(43)44/h5-6,21-24H,2-4,7-20H2,1H3,(H2,36,37,38,39). The molecule has 13 heteroatoms. The quantitative estimate of drug-likeness (QED) is 0.372. The van der Waals surface area contributed by atoms with E-state index in [1.807, 2.05) is 6.07 Å². The highest BCUT2D eigenvalue weighted by molar-refractivity contribution is 5.76. The minimum absolute atomic E-state index is 0.00428. The summed E-state index contributed by atoms with van der Waals surface area (Å²) in [6.07, 6.45) is 1.54. The van der Waals surface area contributed by atoms with Gasteiger partial charge in [0.25, 0.3) is 0 Å². The lowest BCUT2D eigenvalue weighted by Gasteiger charge is -2.42. The number of alkyl halides is 3. The largest absolute Gasteiger partial charge is 0.421 e. The molecule has 1 saturated carbocycles. The molecule has 1 aromatic heterocycles. The smallest absolute Gasteiger partial charge is 0.379 e. The molecule has 4 heterocycles. The molecule has 1 aromatic carbocycles. The maximum Gasteiger partial charge on any atom is 0.421 e. The zero-order valence-corrected chi connectivity index (χ0v) is 26.1. The Hall–Kier alpha value is -3.16. The summed E-state index contributed by atoms with van der Waals surface area (Å²) >= 11 is 0. The second-order valence-corrected chi connectivity index (χ2v) is 12.7. The Balaban J connectivity index is 1.10. The van der Waals surface area contributed by atoms with E-state index < -0.39 is 11.7 Å². The third-order valence-electron chi connectivity index (χ3n) is 9.49. The number of hydrogen-bond donors (Lipinski definition) is 2. The number of piperidine rings is 1. The van der Waals surface area contributed by atoms with Crippen molar-refractivity contribution in [2.24, 2.45) is 0 Å². The lowest BCUT2D eigenvalue weighted by atomic mass is 10.0. The van der Waals surface area contributed by atoms with Crippen LogP contribution < -0.4 is 15.5 Å². The van der Waals surface area contributed by atoms with Gasteiger partial charge < -0.3 is 30.1 Å². The minimum atomic E-state index is -4.60. The highest BCUT2D eigenvalue weighted by Crippen LogP contribution is 2.45. The van der Waals surface area contributed by atoms with Gasteiger partial charge in [-0.3, -0.25) is 9.69 Å². The molecule has 6 rings (SSSR count). The monoisotopic (exact) mass is 630 g/mol. The summed E-state index contributed by atoms with van der Waals surface area (Å²) in [5.41, 5.74) is 2.29. The highest BCUT2D eigenvalue weighted by Gasteiger charge is 2.36. The fourth-order valence-corrected chi connectivity index (χ4v) is 6.61. The number of piperazine rings is 1. The lowest BCUT2D eigenvalue weighted by Crippen LogP contribution is -2.52. The number of carbonyl (C=O) groups is 1. The summed E-state index contributed by atoms with van der Waals surface area (Å²) in [7, 11) is 2.19. The first-order valence-electron chi connectivity index (χ1n) is 16.4. The number of likely N-dealkylation sites (N-methyl/N-ethyl adjacent to an activating group) is 1. The minimum Gasteiger partial charge on any atom is -0.379 e. The second-order valence-electron chi connectivity index (χ2n) is 12.7. The molecule has 2 aromatic rings. The number of amides is 1. The average molecular weight is 631 g/mol. The molecule has 0 unspecified atom stereocenters. The van der Waals surface area contributed by atoms with Crippen LogP contribution in [0.1, 0.15) is 55.6 Å². The van der Waals surface area contributed by atoms with Crippen molar-refractivity contribution in [3.05, 3.63) is 35.5 Å². The van der Waals surface area contributed by atoms with E-state index in [4.69, 9.17) is 4.74 Å². The summed E-state index contributed by atoms with van der Waals surface area (Å²) in [5.74, 6) is 0.283. The number of ether oxygens (including phenoxy) is 1. The summed E-state index contributed by atoms with van der Waals surface area (Å²) < 4.78 is 46.8. The zero-order chi connectivity index (χ0) is 31.4. The molecule has 45 heavy (non-hydrogen) atoms. The van der Waals surface area contributed by atoms with Crippen LogP contribution in [0.3, 0.4) is 0 Å². The van der Waals surface area contributed by atoms with E-state index in [1.165, 1.54) is 5.69 Å². The summed E-state index contributed by atoms with van der Waals surface area (Å²) in [5, 5.41) is 6.08. The van der Waals surface area contributed by atoms with Crippen LogP contribution in [-0.4, -0.2) is 116 Å². The molecule has 4 fully saturated rings. The van der Waals surface area contributed by atoms with E-state index >= 15 is 0 Å². The van der Waals surface area contributed by atoms with Crippen LogP contribution in [0, 0.1) is 0 Å². The molecule has 2 N–H and O–H groups in total. The Bertz CT molecular complexity index is 1310. The number of halogens is 3. The molecule has 3 saturated heterocycles. The Kier molecular flexibility index (Phi) is 9.96. The maximum absolute atomic E-state index is 13.8. The predicted molar refractivity (Wildman–Crippen MR) is 168 cm³/mol. The van der Waals surface area contributed by atoms with Crippen LogP contribution in [0.2, 0.25) is 0 Å². The van der Waals surface area contributed by atoms with Gasteiger partial charge in [0.15, 0.2) is 0 Å². The predicted octanol–water partition coefficient (Wildman–Crippen LogP) is 4.38. The molecule has 0 atom stereocenters. The van der Waals surface area contributed by atoms with Gasteiger partial charge >= 0.3 is 6.18 Å². The lowest BCUT2D eigenvalue weighted by molar-refractivity contribution is -0.137. The molecular formula is C32H45F3N8O2. The molecule has 0 radical (unpaired) electrons. The van der Waals surface area contributed by atoms with Crippen LogP contribution in [0.5, 0.6) is 0 Å². The molecular weight excluding hydrogens is 585 g/mol. The van der Waals surface area contributed by atoms with Gasteiger partial charge in [0.05, 0.1) is 19.6 Å². The fraction of sp³-hybridized carbons (Fsp3) is 0.656. The van der Waals surface area contributed by atoms with E-state index in [0.717, 1.165) is 82.4 Å². The van der Waals surface area contributed by atoms with E-state index in [1.54, 1.807) is 4.90 Å². The molecule has 1 aliphatic carbocycles. The number of anilines is 4. The Morgan fingerprint density at radius 1 is 1.00 bits per heavy atom. The SMILES string of the molecule is CN1CCN(C2CCN(c3ccc(Nc4ncc(C(F)(F)F)c(NCCCN5CCOCCC5=O)n4)c(C4CC4)c3)CC2)CC1. The number of aromatic nitrogens is 2. The molecule has 0 bridgehead atoms. The van der Waals surface area contributed by atoms with Gasteiger partial charge in [-0.1, -0.05) is 0 Å². The zero-order valence-electron chi connectivity index (χ0n) is 26.1. The first kappa shape index (κ1) is 31.8. The van der Waals surface area contributed by atoms with Crippen LogP contribution in [-0.2, 0) is 15.7 Å². The summed E-state index contributed by atoms with van der Waals surface area (Å²) in [4.78, 5) is 29.7. The number of benzene rings is 1. The van der Waals surface area contributed by atoms with E-state index in [9.17, 15) is 18.0 Å². The Labute approximate surface area is 263 Å². The second kappa shape index (κ2) is 14.1. The molecule has 246 valence electrons. The van der Waals surface area contributed by atoms with Crippen LogP contribution in [0.25, 0.3) is 0 Å². The summed E-state index contributed by atoms with van der Waals surface area (Å²) in [6, 6.07) is 7.01. The Morgan fingerprint density at radius 2 is 1.78 bits per heavy atom. The molecule has 1 amide bonds. The topological polar surface area (TPSA) is 89.1 Å². The molecule has 4 aliphatic rings.